The molecule has 0 aromatic heterocycles. The van der Waals surface area contributed by atoms with Crippen LogP contribution in [0.5, 0.6) is 0 Å². The van der Waals surface area contributed by atoms with E-state index in [4.69, 9.17) is 9.52 Å². The fourth-order valence-electron chi connectivity index (χ4n) is 1.50. The van der Waals surface area contributed by atoms with Crippen molar-refractivity contribution in [2.45, 2.75) is 0 Å². The summed E-state index contributed by atoms with van der Waals surface area (Å²) < 4.78 is 23.0. The number of nitrogens with one attached hydrogen (secondary N) is 1. The van der Waals surface area contributed by atoms with Gasteiger partial charge < -0.3 is 4.74 Å². The number of hydrogen-bond donors (Lipinski definition) is 1. The lowest BCUT2D eigenvalue weighted by Gasteiger charge is -2.49. The summed E-state index contributed by atoms with van der Waals surface area (Å²) in [6.45, 7) is 1.48. The molecule has 2 saturated heterocycles. The van der Waals surface area contributed by atoms with E-state index in [2.05, 4.69) is 0 Å². The van der Waals surface area contributed by atoms with Gasteiger partial charge in [0.15, 0.2) is 0 Å². The van der Waals surface area contributed by atoms with Crippen molar-refractivity contribution >= 4 is 9.73 Å². The Labute approximate surface area is 54.4 Å². The number of rotatable bonds is 0. The van der Waals surface area contributed by atoms with Crippen molar-refractivity contribution < 1.29 is 8.95 Å². The summed E-state index contributed by atoms with van der Waals surface area (Å²) in [5, 5.41) is 0. The Morgan fingerprint density at radius 1 is 1.44 bits per heavy atom. The predicted octanol–water partition coefficient (Wildman–Crippen LogP) is 0.0634. The zero-order valence-electron chi connectivity index (χ0n) is 5.05. The maximum Gasteiger partial charge on any atom is 0.0563 e. The fourth-order valence-corrected chi connectivity index (χ4v) is 3.73. The Morgan fingerprint density at radius 2 is 2.00 bits per heavy atom. The van der Waals surface area contributed by atoms with Gasteiger partial charge in [0.2, 0.25) is 0 Å². The van der Waals surface area contributed by atoms with Crippen molar-refractivity contribution in [2.24, 2.45) is 5.41 Å². The van der Waals surface area contributed by atoms with Gasteiger partial charge in [-0.15, -0.1) is 0 Å². The third-order valence-corrected chi connectivity index (χ3v) is 4.05. The second kappa shape index (κ2) is 1.32. The first kappa shape index (κ1) is 5.68. The second-order valence-electron chi connectivity index (χ2n) is 3.09. The lowest BCUT2D eigenvalue weighted by molar-refractivity contribution is -0.0924. The first-order chi connectivity index (χ1) is 4.12. The van der Waals surface area contributed by atoms with Gasteiger partial charge in [-0.25, -0.2) is 4.21 Å². The minimum Gasteiger partial charge on any atom is -0.380 e. The first-order valence-corrected chi connectivity index (χ1v) is 4.84. The highest BCUT2D eigenvalue weighted by molar-refractivity contribution is 7.93. The summed E-state index contributed by atoms with van der Waals surface area (Å²) in [4.78, 5) is 0. The van der Waals surface area contributed by atoms with Gasteiger partial charge in [0.25, 0.3) is 0 Å². The summed E-state index contributed by atoms with van der Waals surface area (Å²) in [5.41, 5.74) is 0.193. The molecule has 2 heterocycles. The Bertz CT molecular complexity index is 213. The standard InChI is InChI=1S/C5H9NO2S/c6-9(7)3-5(4-9)1-8-2-5/h6H,1-4H2. The quantitative estimate of drug-likeness (QED) is 0.527. The van der Waals surface area contributed by atoms with Crippen LogP contribution in [0.15, 0.2) is 0 Å². The minimum absolute atomic E-state index is 0.193. The molecule has 2 aliphatic heterocycles. The summed E-state index contributed by atoms with van der Waals surface area (Å²) in [6.07, 6.45) is 0. The molecule has 0 bridgehead atoms. The largest absolute Gasteiger partial charge is 0.380 e. The van der Waals surface area contributed by atoms with E-state index in [1.807, 2.05) is 0 Å². The van der Waals surface area contributed by atoms with Gasteiger partial charge in [0.1, 0.15) is 0 Å². The molecule has 0 amide bonds. The summed E-state index contributed by atoms with van der Waals surface area (Å²) in [6, 6.07) is 0. The molecule has 1 spiro atoms. The fraction of sp³-hybridized carbons (Fsp3) is 1.00. The zero-order chi connectivity index (χ0) is 6.54. The highest BCUT2D eigenvalue weighted by Gasteiger charge is 2.51. The molecule has 0 aromatic rings. The van der Waals surface area contributed by atoms with Crippen LogP contribution in [0.4, 0.5) is 0 Å². The van der Waals surface area contributed by atoms with Crippen LogP contribution in [0.1, 0.15) is 0 Å². The maximum atomic E-state index is 10.9. The number of hydrogen-bond acceptors (Lipinski definition) is 3. The second-order valence-corrected chi connectivity index (χ2v) is 5.29. The SMILES string of the molecule is N=S1(=O)CC2(COC2)C1. The van der Waals surface area contributed by atoms with Crippen molar-refractivity contribution in [3.8, 4) is 0 Å². The molecule has 4 heteroatoms. The number of ether oxygens (including phenoxy) is 1. The molecule has 0 unspecified atom stereocenters. The molecule has 9 heavy (non-hydrogen) atoms. The van der Waals surface area contributed by atoms with Gasteiger partial charge in [-0.2, -0.15) is 0 Å². The molecule has 0 aromatic carbocycles. The first-order valence-electron chi connectivity index (χ1n) is 2.94. The third kappa shape index (κ3) is 0.697. The molecule has 0 radical (unpaired) electrons. The molecular weight excluding hydrogens is 138 g/mol. The maximum absolute atomic E-state index is 10.9. The van der Waals surface area contributed by atoms with Crippen LogP contribution in [0.2, 0.25) is 0 Å². The van der Waals surface area contributed by atoms with Crippen molar-refractivity contribution in [2.75, 3.05) is 24.7 Å². The highest BCUT2D eigenvalue weighted by Crippen LogP contribution is 2.39. The Morgan fingerprint density at radius 3 is 2.11 bits per heavy atom. The van der Waals surface area contributed by atoms with Crippen LogP contribution in [0.25, 0.3) is 0 Å². The van der Waals surface area contributed by atoms with E-state index in [0.717, 1.165) is 13.2 Å². The molecular formula is C5H9NO2S. The van der Waals surface area contributed by atoms with E-state index in [-0.39, 0.29) is 5.41 Å². The molecule has 1 N–H and O–H groups in total. The van der Waals surface area contributed by atoms with E-state index in [1.165, 1.54) is 0 Å². The minimum atomic E-state index is -2.13. The van der Waals surface area contributed by atoms with Crippen LogP contribution < -0.4 is 0 Å². The Kier molecular flexibility index (Phi) is 0.833. The lowest BCUT2D eigenvalue weighted by Crippen LogP contribution is -2.60. The topological polar surface area (TPSA) is 50.2 Å². The summed E-state index contributed by atoms with van der Waals surface area (Å²) in [5.74, 6) is 1.17. The van der Waals surface area contributed by atoms with E-state index in [1.54, 1.807) is 0 Å². The van der Waals surface area contributed by atoms with Crippen molar-refractivity contribution in [3.05, 3.63) is 0 Å². The molecule has 0 aliphatic carbocycles. The van der Waals surface area contributed by atoms with Gasteiger partial charge in [-0.1, -0.05) is 0 Å². The average molecular weight is 147 g/mol. The monoisotopic (exact) mass is 147 g/mol. The molecule has 2 fully saturated rings. The normalized spacial score (nSPS) is 35.1. The summed E-state index contributed by atoms with van der Waals surface area (Å²) in [7, 11) is -2.13. The molecule has 0 atom stereocenters. The van der Waals surface area contributed by atoms with Crippen LogP contribution in [-0.2, 0) is 14.5 Å². The van der Waals surface area contributed by atoms with E-state index in [0.29, 0.717) is 11.5 Å². The van der Waals surface area contributed by atoms with Crippen molar-refractivity contribution in [1.82, 2.24) is 0 Å². The Hall–Kier alpha value is -0.0900. The van der Waals surface area contributed by atoms with Crippen LogP contribution in [0, 0.1) is 10.2 Å². The molecule has 52 valence electrons. The average Bonchev–Trinajstić information content (AvgIpc) is 1.54. The lowest BCUT2D eigenvalue weighted by atomic mass is 9.90. The highest BCUT2D eigenvalue weighted by atomic mass is 32.2. The van der Waals surface area contributed by atoms with Crippen LogP contribution in [0.3, 0.4) is 0 Å². The van der Waals surface area contributed by atoms with Crippen molar-refractivity contribution in [3.63, 3.8) is 0 Å². The summed E-state index contributed by atoms with van der Waals surface area (Å²) >= 11 is 0. The van der Waals surface area contributed by atoms with Gasteiger partial charge >= 0.3 is 0 Å². The van der Waals surface area contributed by atoms with E-state index >= 15 is 0 Å². The van der Waals surface area contributed by atoms with Crippen LogP contribution >= 0.6 is 0 Å². The Balaban J connectivity index is 2.12. The third-order valence-electron chi connectivity index (χ3n) is 1.90. The molecule has 3 nitrogen and oxygen atoms in total. The smallest absolute Gasteiger partial charge is 0.0563 e. The van der Waals surface area contributed by atoms with Crippen molar-refractivity contribution in [1.29, 1.82) is 4.78 Å². The van der Waals surface area contributed by atoms with Gasteiger partial charge in [-0.3, -0.25) is 4.78 Å². The predicted molar refractivity (Wildman–Crippen MR) is 33.8 cm³/mol. The van der Waals surface area contributed by atoms with Gasteiger partial charge in [0.05, 0.1) is 13.2 Å². The van der Waals surface area contributed by atoms with E-state index < -0.39 is 9.73 Å². The molecule has 2 aliphatic rings. The van der Waals surface area contributed by atoms with Gasteiger partial charge in [-0.05, 0) is 0 Å². The van der Waals surface area contributed by atoms with Gasteiger partial charge in [0, 0.05) is 26.6 Å². The van der Waals surface area contributed by atoms with E-state index in [9.17, 15) is 4.21 Å². The molecule has 0 saturated carbocycles. The zero-order valence-corrected chi connectivity index (χ0v) is 5.87. The molecule has 2 rings (SSSR count). The van der Waals surface area contributed by atoms with Crippen LogP contribution in [-0.4, -0.2) is 28.9 Å².